The number of halogens is 3. The number of carbonyl (C=O) groups is 2. The van der Waals surface area contributed by atoms with Crippen LogP contribution in [-0.2, 0) is 11.4 Å². The fourth-order valence-electron chi connectivity index (χ4n) is 3.95. The van der Waals surface area contributed by atoms with Gasteiger partial charge in [0.2, 0.25) is 0 Å². The molecule has 1 aromatic heterocycles. The van der Waals surface area contributed by atoms with E-state index in [1.807, 2.05) is 37.3 Å². The van der Waals surface area contributed by atoms with Gasteiger partial charge in [-0.3, -0.25) is 14.5 Å². The molecule has 0 saturated carbocycles. The van der Waals surface area contributed by atoms with E-state index in [-0.39, 0.29) is 30.2 Å². The Bertz CT molecular complexity index is 1480. The topological polar surface area (TPSA) is 85.5 Å². The summed E-state index contributed by atoms with van der Waals surface area (Å²) in [5.74, 6) is -0.107. The lowest BCUT2D eigenvalue weighted by Crippen LogP contribution is -2.56. The van der Waals surface area contributed by atoms with E-state index in [0.717, 1.165) is 15.6 Å². The Morgan fingerprint density at radius 2 is 1.89 bits per heavy atom. The number of anilines is 1. The number of alkyl halides is 1. The Kier molecular flexibility index (Phi) is 6.83. The van der Waals surface area contributed by atoms with Gasteiger partial charge in [0.15, 0.2) is 12.4 Å². The first-order valence-electron chi connectivity index (χ1n) is 10.9. The van der Waals surface area contributed by atoms with Crippen LogP contribution in [0.2, 0.25) is 5.02 Å². The standard InChI is InChI=1S/C26H18BrCl2N3O4/c1-14-9-10-20(18(11-14)24(33)17-7-2-3-8-19(17)28)35-13-21-30-31-26(36-21)32-23(22(29)25(32)34)15-5-4-6-16(27)12-15/h2-12,22-23H,13H2,1H3. The first kappa shape index (κ1) is 24.5. The third-order valence-corrected chi connectivity index (χ3v) is 6.98. The molecule has 1 amide bonds. The lowest BCUT2D eigenvalue weighted by Gasteiger charge is -2.41. The van der Waals surface area contributed by atoms with Gasteiger partial charge in [-0.15, -0.1) is 16.7 Å². The molecule has 7 nitrogen and oxygen atoms in total. The number of nitrogens with zero attached hydrogens (tertiary/aromatic N) is 3. The van der Waals surface area contributed by atoms with E-state index in [9.17, 15) is 9.59 Å². The monoisotopic (exact) mass is 585 g/mol. The van der Waals surface area contributed by atoms with Crippen LogP contribution >= 0.6 is 39.1 Å². The second kappa shape index (κ2) is 10.0. The molecule has 2 atom stereocenters. The minimum Gasteiger partial charge on any atom is -0.483 e. The summed E-state index contributed by atoms with van der Waals surface area (Å²) in [6, 6.07) is 19.2. The van der Waals surface area contributed by atoms with E-state index >= 15 is 0 Å². The van der Waals surface area contributed by atoms with Gasteiger partial charge >= 0.3 is 6.01 Å². The van der Waals surface area contributed by atoms with E-state index < -0.39 is 11.4 Å². The molecule has 0 aliphatic carbocycles. The molecule has 2 unspecified atom stereocenters. The first-order chi connectivity index (χ1) is 17.3. The van der Waals surface area contributed by atoms with E-state index in [4.69, 9.17) is 32.4 Å². The van der Waals surface area contributed by atoms with Crippen LogP contribution in [0.15, 0.2) is 75.6 Å². The molecule has 1 aliphatic rings. The SMILES string of the molecule is Cc1ccc(OCc2nnc(N3C(=O)C(Cl)C3c3cccc(Br)c3)o2)c(C(=O)c2ccccc2Cl)c1. The Hall–Kier alpha value is -3.20. The molecule has 0 bridgehead atoms. The van der Waals surface area contributed by atoms with Gasteiger partial charge in [-0.05, 0) is 48.9 Å². The summed E-state index contributed by atoms with van der Waals surface area (Å²) >= 11 is 16.0. The van der Waals surface area contributed by atoms with Crippen molar-refractivity contribution in [2.24, 2.45) is 0 Å². The summed E-state index contributed by atoms with van der Waals surface area (Å²) in [6.07, 6.45) is 0. The minimum absolute atomic E-state index is 0.0248. The Balaban J connectivity index is 1.35. The number of amides is 1. The van der Waals surface area contributed by atoms with Crippen LogP contribution in [0.1, 0.15) is 39.0 Å². The van der Waals surface area contributed by atoms with Crippen LogP contribution < -0.4 is 9.64 Å². The van der Waals surface area contributed by atoms with E-state index in [0.29, 0.717) is 21.9 Å². The summed E-state index contributed by atoms with van der Waals surface area (Å²) in [5.41, 5.74) is 2.46. The molecule has 3 aromatic carbocycles. The van der Waals surface area contributed by atoms with Gasteiger partial charge in [0.05, 0.1) is 16.6 Å². The third-order valence-electron chi connectivity index (χ3n) is 5.73. The van der Waals surface area contributed by atoms with Crippen molar-refractivity contribution in [3.8, 4) is 5.75 Å². The maximum atomic E-state index is 13.2. The number of ketones is 1. The van der Waals surface area contributed by atoms with Crippen LogP contribution in [0.25, 0.3) is 0 Å². The molecule has 4 aromatic rings. The number of aryl methyl sites for hydroxylation is 1. The van der Waals surface area contributed by atoms with Crippen molar-refractivity contribution in [1.29, 1.82) is 0 Å². The zero-order chi connectivity index (χ0) is 25.4. The lowest BCUT2D eigenvalue weighted by atomic mass is 9.94. The van der Waals surface area contributed by atoms with Crippen LogP contribution in [0.5, 0.6) is 5.75 Å². The molecule has 1 saturated heterocycles. The van der Waals surface area contributed by atoms with Gasteiger partial charge < -0.3 is 9.15 Å². The highest BCUT2D eigenvalue weighted by Gasteiger charge is 2.50. The smallest absolute Gasteiger partial charge is 0.325 e. The van der Waals surface area contributed by atoms with Crippen molar-refractivity contribution < 1.29 is 18.7 Å². The number of rotatable bonds is 7. The zero-order valence-corrected chi connectivity index (χ0v) is 21.9. The first-order valence-corrected chi connectivity index (χ1v) is 12.5. The molecule has 0 radical (unpaired) electrons. The van der Waals surface area contributed by atoms with Crippen LogP contribution in [0, 0.1) is 6.92 Å². The second-order valence-corrected chi connectivity index (χ2v) is 9.98. The predicted octanol–water partition coefficient (Wildman–Crippen LogP) is 6.30. The van der Waals surface area contributed by atoms with E-state index in [1.54, 1.807) is 36.4 Å². The van der Waals surface area contributed by atoms with Crippen molar-refractivity contribution in [3.63, 3.8) is 0 Å². The summed E-state index contributed by atoms with van der Waals surface area (Å²) in [5, 5.41) is 7.64. The highest BCUT2D eigenvalue weighted by atomic mass is 79.9. The number of hydrogen-bond donors (Lipinski definition) is 0. The quantitative estimate of drug-likeness (QED) is 0.143. The van der Waals surface area contributed by atoms with Gasteiger partial charge in [-0.25, -0.2) is 0 Å². The van der Waals surface area contributed by atoms with Gasteiger partial charge in [0.1, 0.15) is 11.1 Å². The minimum atomic E-state index is -0.739. The van der Waals surface area contributed by atoms with Gasteiger partial charge in [-0.2, -0.15) is 0 Å². The Labute approximate surface area is 225 Å². The molecular weight excluding hydrogens is 569 g/mol. The number of carbonyl (C=O) groups excluding carboxylic acids is 2. The van der Waals surface area contributed by atoms with Crippen molar-refractivity contribution in [3.05, 3.63) is 104 Å². The fraction of sp³-hybridized carbons (Fsp3) is 0.154. The number of ether oxygens (including phenoxy) is 1. The summed E-state index contributed by atoms with van der Waals surface area (Å²) in [6.45, 7) is 1.78. The predicted molar refractivity (Wildman–Crippen MR) is 139 cm³/mol. The largest absolute Gasteiger partial charge is 0.483 e. The lowest BCUT2D eigenvalue weighted by molar-refractivity contribution is -0.124. The maximum Gasteiger partial charge on any atom is 0.325 e. The Morgan fingerprint density at radius 1 is 1.08 bits per heavy atom. The molecule has 10 heteroatoms. The zero-order valence-electron chi connectivity index (χ0n) is 18.8. The molecule has 0 spiro atoms. The number of aromatic nitrogens is 2. The Morgan fingerprint density at radius 3 is 2.67 bits per heavy atom. The molecule has 1 fully saturated rings. The van der Waals surface area contributed by atoms with Crippen molar-refractivity contribution in [2.75, 3.05) is 4.90 Å². The summed E-state index contributed by atoms with van der Waals surface area (Å²) < 4.78 is 12.5. The number of benzene rings is 3. The third kappa shape index (κ3) is 4.64. The maximum absolute atomic E-state index is 13.2. The van der Waals surface area contributed by atoms with Gasteiger partial charge in [0.25, 0.3) is 11.8 Å². The van der Waals surface area contributed by atoms with Crippen molar-refractivity contribution >= 4 is 56.8 Å². The van der Waals surface area contributed by atoms with Crippen LogP contribution in [0.4, 0.5) is 6.01 Å². The van der Waals surface area contributed by atoms with Crippen molar-refractivity contribution in [1.82, 2.24) is 10.2 Å². The highest BCUT2D eigenvalue weighted by Crippen LogP contribution is 2.42. The normalized spacial score (nSPS) is 17.1. The van der Waals surface area contributed by atoms with Gasteiger partial charge in [-0.1, -0.05) is 68.5 Å². The number of hydrogen-bond acceptors (Lipinski definition) is 6. The van der Waals surface area contributed by atoms with E-state index in [1.165, 1.54) is 4.90 Å². The van der Waals surface area contributed by atoms with Crippen molar-refractivity contribution in [2.45, 2.75) is 24.9 Å². The molecular formula is C26H18BrCl2N3O4. The van der Waals surface area contributed by atoms with Crippen LogP contribution in [-0.4, -0.2) is 27.3 Å². The fourth-order valence-corrected chi connectivity index (χ4v) is 4.95. The van der Waals surface area contributed by atoms with Crippen LogP contribution in [0.3, 0.4) is 0 Å². The molecule has 36 heavy (non-hydrogen) atoms. The van der Waals surface area contributed by atoms with Gasteiger partial charge in [0, 0.05) is 10.0 Å². The average Bonchev–Trinajstić information content (AvgIpc) is 3.33. The summed E-state index contributed by atoms with van der Waals surface area (Å²) in [7, 11) is 0. The molecule has 182 valence electrons. The molecule has 1 aliphatic heterocycles. The highest BCUT2D eigenvalue weighted by molar-refractivity contribution is 9.10. The molecule has 2 heterocycles. The second-order valence-electron chi connectivity index (χ2n) is 8.19. The number of β-lactam (4-membered cyclic amide) rings is 1. The summed E-state index contributed by atoms with van der Waals surface area (Å²) in [4.78, 5) is 27.1. The van der Waals surface area contributed by atoms with E-state index in [2.05, 4.69) is 26.1 Å². The average molecular weight is 587 g/mol. The molecule has 5 rings (SSSR count). The molecule has 0 N–H and O–H groups in total.